The average molecular weight is 301 g/mol. The zero-order valence-electron chi connectivity index (χ0n) is 11.4. The van der Waals surface area contributed by atoms with E-state index in [-0.39, 0.29) is 18.1 Å². The van der Waals surface area contributed by atoms with Crippen molar-refractivity contribution < 1.29 is 13.5 Å². The van der Waals surface area contributed by atoms with Gasteiger partial charge < -0.3 is 5.11 Å². The quantitative estimate of drug-likeness (QED) is 0.918. The van der Waals surface area contributed by atoms with E-state index in [1.54, 1.807) is 48.5 Å². The first-order chi connectivity index (χ1) is 10.0. The van der Waals surface area contributed by atoms with Crippen molar-refractivity contribution in [2.24, 2.45) is 0 Å². The molecular weight excluding hydrogens is 286 g/mol. The highest BCUT2D eigenvalue weighted by Crippen LogP contribution is 2.14. The first-order valence-electron chi connectivity index (χ1n) is 6.40. The van der Waals surface area contributed by atoms with Crippen LogP contribution in [0, 0.1) is 11.3 Å². The number of aliphatic hydroxyl groups is 1. The van der Waals surface area contributed by atoms with Gasteiger partial charge in [0.05, 0.1) is 29.7 Å². The Labute approximate surface area is 124 Å². The lowest BCUT2D eigenvalue weighted by molar-refractivity contribution is 0.282. The van der Waals surface area contributed by atoms with Crippen molar-refractivity contribution in [3.8, 4) is 6.07 Å². The van der Waals surface area contributed by atoms with Gasteiger partial charge in [-0.05, 0) is 28.8 Å². The van der Waals surface area contributed by atoms with Gasteiger partial charge in [0.15, 0.2) is 9.84 Å². The predicted molar refractivity (Wildman–Crippen MR) is 79.8 cm³/mol. The fraction of sp³-hybridized carbons (Fsp3) is 0.188. The van der Waals surface area contributed by atoms with Crippen molar-refractivity contribution in [2.75, 3.05) is 0 Å². The van der Waals surface area contributed by atoms with Crippen LogP contribution < -0.4 is 0 Å². The molecule has 0 fully saturated rings. The Morgan fingerprint density at radius 2 is 1.57 bits per heavy atom. The van der Waals surface area contributed by atoms with Gasteiger partial charge in [0.2, 0.25) is 0 Å². The molecule has 0 aliphatic carbocycles. The Kier molecular flexibility index (Phi) is 4.73. The normalized spacial score (nSPS) is 11.0. The monoisotopic (exact) mass is 301 g/mol. The molecule has 0 radical (unpaired) electrons. The van der Waals surface area contributed by atoms with Crippen LogP contribution in [0.15, 0.2) is 48.5 Å². The third kappa shape index (κ3) is 4.42. The van der Waals surface area contributed by atoms with Gasteiger partial charge in [0.1, 0.15) is 0 Å². The van der Waals surface area contributed by atoms with Crippen LogP contribution in [0.25, 0.3) is 0 Å². The molecule has 0 saturated heterocycles. The minimum atomic E-state index is -3.30. The van der Waals surface area contributed by atoms with Crippen LogP contribution in [0.4, 0.5) is 0 Å². The van der Waals surface area contributed by atoms with Crippen molar-refractivity contribution in [3.05, 3.63) is 70.8 Å². The van der Waals surface area contributed by atoms with Gasteiger partial charge in [-0.2, -0.15) is 5.26 Å². The van der Waals surface area contributed by atoms with Crippen molar-refractivity contribution >= 4 is 9.84 Å². The van der Waals surface area contributed by atoms with Gasteiger partial charge in [-0.25, -0.2) is 8.42 Å². The molecule has 5 heteroatoms. The van der Waals surface area contributed by atoms with Gasteiger partial charge >= 0.3 is 0 Å². The summed E-state index contributed by atoms with van der Waals surface area (Å²) in [4.78, 5) is 0. The fourth-order valence-corrected chi connectivity index (χ4v) is 3.52. The number of hydrogen-bond acceptors (Lipinski definition) is 4. The summed E-state index contributed by atoms with van der Waals surface area (Å²) in [6.45, 7) is -0.0615. The zero-order chi connectivity index (χ0) is 15.3. The Balaban J connectivity index is 2.12. The van der Waals surface area contributed by atoms with Crippen LogP contribution in [0.3, 0.4) is 0 Å². The Morgan fingerprint density at radius 3 is 2.19 bits per heavy atom. The lowest BCUT2D eigenvalue weighted by atomic mass is 10.2. The van der Waals surface area contributed by atoms with Gasteiger partial charge in [-0.15, -0.1) is 0 Å². The van der Waals surface area contributed by atoms with Crippen LogP contribution in [0.1, 0.15) is 22.3 Å². The van der Waals surface area contributed by atoms with Crippen LogP contribution in [0.5, 0.6) is 0 Å². The second-order valence-electron chi connectivity index (χ2n) is 4.82. The number of hydrogen-bond donors (Lipinski definition) is 1. The van der Waals surface area contributed by atoms with E-state index in [1.807, 2.05) is 6.07 Å². The summed E-state index contributed by atoms with van der Waals surface area (Å²) >= 11 is 0. The summed E-state index contributed by atoms with van der Waals surface area (Å²) in [7, 11) is -3.30. The SMILES string of the molecule is N#Cc1cccc(CS(=O)(=O)Cc2ccc(CO)cc2)c1. The van der Waals surface area contributed by atoms with Crippen molar-refractivity contribution in [2.45, 2.75) is 18.1 Å². The third-order valence-electron chi connectivity index (χ3n) is 3.03. The number of benzene rings is 2. The van der Waals surface area contributed by atoms with Crippen molar-refractivity contribution in [3.63, 3.8) is 0 Å². The summed E-state index contributed by atoms with van der Waals surface area (Å²) in [5, 5.41) is 17.8. The Bertz CT molecular complexity index is 759. The standard InChI is InChI=1S/C16H15NO3S/c17-9-15-2-1-3-16(8-15)12-21(19,20)11-14-6-4-13(10-18)5-7-14/h1-8,18H,10-12H2. The maximum Gasteiger partial charge on any atom is 0.158 e. The molecule has 0 bridgehead atoms. The van der Waals surface area contributed by atoms with Crippen LogP contribution in [-0.4, -0.2) is 13.5 Å². The molecule has 4 nitrogen and oxygen atoms in total. The molecule has 0 aliphatic rings. The molecular formula is C16H15NO3S. The number of nitrogens with zero attached hydrogens (tertiary/aromatic N) is 1. The van der Waals surface area contributed by atoms with Gasteiger partial charge in [0.25, 0.3) is 0 Å². The van der Waals surface area contributed by atoms with Crippen molar-refractivity contribution in [1.29, 1.82) is 5.26 Å². The Morgan fingerprint density at radius 1 is 0.952 bits per heavy atom. The highest BCUT2D eigenvalue weighted by Gasteiger charge is 2.13. The minimum absolute atomic E-state index is 0.0600. The highest BCUT2D eigenvalue weighted by atomic mass is 32.2. The molecule has 0 heterocycles. The van der Waals surface area contributed by atoms with Crippen LogP contribution >= 0.6 is 0 Å². The molecule has 108 valence electrons. The van der Waals surface area contributed by atoms with E-state index < -0.39 is 9.84 Å². The summed E-state index contributed by atoms with van der Waals surface area (Å²) in [5.74, 6) is -0.153. The third-order valence-corrected chi connectivity index (χ3v) is 4.58. The second-order valence-corrected chi connectivity index (χ2v) is 6.88. The van der Waals surface area contributed by atoms with E-state index in [0.29, 0.717) is 16.7 Å². The number of sulfone groups is 1. The van der Waals surface area contributed by atoms with E-state index in [0.717, 1.165) is 5.56 Å². The molecule has 1 N–H and O–H groups in total. The lowest BCUT2D eigenvalue weighted by Gasteiger charge is -2.06. The number of rotatable bonds is 5. The predicted octanol–water partition coefficient (Wildman–Crippen LogP) is 2.17. The molecule has 21 heavy (non-hydrogen) atoms. The molecule has 2 rings (SSSR count). The maximum atomic E-state index is 12.2. The van der Waals surface area contributed by atoms with Crippen molar-refractivity contribution in [1.82, 2.24) is 0 Å². The lowest BCUT2D eigenvalue weighted by Crippen LogP contribution is -2.07. The number of aliphatic hydroxyl groups excluding tert-OH is 1. The molecule has 0 unspecified atom stereocenters. The van der Waals surface area contributed by atoms with E-state index in [4.69, 9.17) is 10.4 Å². The first kappa shape index (κ1) is 15.2. The summed E-state index contributed by atoms with van der Waals surface area (Å²) < 4.78 is 24.4. The van der Waals surface area contributed by atoms with E-state index in [2.05, 4.69) is 0 Å². The zero-order valence-corrected chi connectivity index (χ0v) is 12.2. The van der Waals surface area contributed by atoms with Crippen LogP contribution in [-0.2, 0) is 27.9 Å². The van der Waals surface area contributed by atoms with E-state index >= 15 is 0 Å². The molecule has 0 aliphatic heterocycles. The molecule has 2 aromatic carbocycles. The average Bonchev–Trinajstić information content (AvgIpc) is 2.47. The van der Waals surface area contributed by atoms with Gasteiger partial charge in [-0.1, -0.05) is 36.4 Å². The topological polar surface area (TPSA) is 78.2 Å². The maximum absolute atomic E-state index is 12.2. The molecule has 0 atom stereocenters. The highest BCUT2D eigenvalue weighted by molar-refractivity contribution is 7.89. The molecule has 0 amide bonds. The second kappa shape index (κ2) is 6.53. The Hall–Kier alpha value is -2.16. The van der Waals surface area contributed by atoms with Gasteiger partial charge in [0, 0.05) is 0 Å². The molecule has 0 spiro atoms. The largest absolute Gasteiger partial charge is 0.392 e. The number of nitriles is 1. The fourth-order valence-electron chi connectivity index (χ4n) is 2.03. The molecule has 0 aromatic heterocycles. The summed E-state index contributed by atoms with van der Waals surface area (Å²) in [6, 6.07) is 15.4. The van der Waals surface area contributed by atoms with Gasteiger partial charge in [-0.3, -0.25) is 0 Å². The van der Waals surface area contributed by atoms with E-state index in [1.165, 1.54) is 0 Å². The molecule has 0 saturated carbocycles. The smallest absolute Gasteiger partial charge is 0.158 e. The molecule has 2 aromatic rings. The summed E-state index contributed by atoms with van der Waals surface area (Å²) in [6.07, 6.45) is 0. The summed E-state index contributed by atoms with van der Waals surface area (Å²) in [5.41, 5.74) is 2.50. The van der Waals surface area contributed by atoms with Crippen LogP contribution in [0.2, 0.25) is 0 Å². The first-order valence-corrected chi connectivity index (χ1v) is 8.23. The minimum Gasteiger partial charge on any atom is -0.392 e. The van der Waals surface area contributed by atoms with E-state index in [9.17, 15) is 8.42 Å².